The Kier molecular flexibility index (Phi) is 6.64. The number of amides is 1. The van der Waals surface area contributed by atoms with Crippen molar-refractivity contribution in [1.29, 1.82) is 0 Å². The van der Waals surface area contributed by atoms with E-state index in [2.05, 4.69) is 5.18 Å². The highest BCUT2D eigenvalue weighted by molar-refractivity contribution is 6.39. The Morgan fingerprint density at radius 2 is 2.00 bits per heavy atom. The maximum Gasteiger partial charge on any atom is 0.328 e. The Morgan fingerprint density at radius 3 is 2.64 bits per heavy atom. The normalized spacial score (nSPS) is 29.8. The van der Waals surface area contributed by atoms with E-state index in [0.29, 0.717) is 32.1 Å². The Bertz CT molecular complexity index is 537. The van der Waals surface area contributed by atoms with Crippen LogP contribution in [0.3, 0.4) is 0 Å². The van der Waals surface area contributed by atoms with Crippen LogP contribution >= 0.6 is 0 Å². The highest BCUT2D eigenvalue weighted by Gasteiger charge is 2.53. The molecule has 0 unspecified atom stereocenters. The van der Waals surface area contributed by atoms with Crippen LogP contribution in [-0.2, 0) is 23.9 Å². The molecule has 3 atom stereocenters. The summed E-state index contributed by atoms with van der Waals surface area (Å²) in [5, 5.41) is 2.91. The maximum atomic E-state index is 12.8. The molecule has 8 nitrogen and oxygen atoms in total. The fourth-order valence-corrected chi connectivity index (χ4v) is 3.40. The first-order valence-electron chi connectivity index (χ1n) is 8.98. The van der Waals surface area contributed by atoms with Gasteiger partial charge in [-0.25, -0.2) is 4.79 Å². The molecule has 2 saturated heterocycles. The second-order valence-corrected chi connectivity index (χ2v) is 6.69. The van der Waals surface area contributed by atoms with Crippen molar-refractivity contribution in [3.05, 3.63) is 4.91 Å². The van der Waals surface area contributed by atoms with E-state index in [1.165, 1.54) is 4.90 Å². The number of piperidine rings is 1. The second kappa shape index (κ2) is 8.51. The molecule has 2 aliphatic heterocycles. The van der Waals surface area contributed by atoms with E-state index >= 15 is 0 Å². The van der Waals surface area contributed by atoms with Gasteiger partial charge in [-0.1, -0.05) is 13.8 Å². The molecule has 0 radical (unpaired) electrons. The zero-order chi connectivity index (χ0) is 18.4. The van der Waals surface area contributed by atoms with Gasteiger partial charge in [0, 0.05) is 12.5 Å². The van der Waals surface area contributed by atoms with E-state index in [0.717, 1.165) is 6.42 Å². The number of carbonyl (C=O) groups excluding carboxylic acids is 3. The molecule has 2 heterocycles. The van der Waals surface area contributed by atoms with Crippen molar-refractivity contribution < 1.29 is 23.9 Å². The Labute approximate surface area is 147 Å². The molecule has 0 aromatic heterocycles. The summed E-state index contributed by atoms with van der Waals surface area (Å²) in [6, 6.07) is -0.792. The zero-order valence-corrected chi connectivity index (χ0v) is 14.9. The van der Waals surface area contributed by atoms with Crippen LogP contribution in [0.15, 0.2) is 5.18 Å². The van der Waals surface area contributed by atoms with E-state index in [9.17, 15) is 19.3 Å². The minimum Gasteiger partial charge on any atom is -0.464 e. The van der Waals surface area contributed by atoms with Gasteiger partial charge in [-0.3, -0.25) is 9.59 Å². The molecule has 1 amide bonds. The van der Waals surface area contributed by atoms with Crippen molar-refractivity contribution >= 4 is 17.7 Å². The lowest BCUT2D eigenvalue weighted by Crippen LogP contribution is -2.58. The summed E-state index contributed by atoms with van der Waals surface area (Å²) >= 11 is 0. The molecular weight excluding hydrogens is 328 g/mol. The third-order valence-corrected chi connectivity index (χ3v) is 4.91. The van der Waals surface area contributed by atoms with Gasteiger partial charge in [-0.05, 0) is 43.7 Å². The summed E-state index contributed by atoms with van der Waals surface area (Å²) in [5.74, 6) is -2.85. The van der Waals surface area contributed by atoms with Crippen LogP contribution < -0.4 is 0 Å². The van der Waals surface area contributed by atoms with Crippen molar-refractivity contribution in [3.63, 3.8) is 0 Å². The number of Topliss-reactive ketones (excluding diaryl/α,β-unsaturated/α-hetero) is 1. The van der Waals surface area contributed by atoms with Gasteiger partial charge in [-0.15, -0.1) is 4.91 Å². The molecule has 0 aromatic carbocycles. The van der Waals surface area contributed by atoms with E-state index in [-0.39, 0.29) is 19.8 Å². The number of likely N-dealkylation sites (tertiary alicyclic amines) is 1. The molecule has 140 valence electrons. The predicted molar refractivity (Wildman–Crippen MR) is 88.5 cm³/mol. The van der Waals surface area contributed by atoms with Gasteiger partial charge < -0.3 is 14.4 Å². The standard InChI is InChI=1S/C17H26N2O6/c1-3-10-24-16(22)13-8-4-5-9-19(13)15(21)14(20)17(18-23)12(2)7-6-11-25-17/h12-13H,3-11H2,1-2H3/t12-,13+,17-/m1/s1. The zero-order valence-electron chi connectivity index (χ0n) is 14.9. The highest BCUT2D eigenvalue weighted by Crippen LogP contribution is 2.34. The van der Waals surface area contributed by atoms with Crippen LogP contribution in [0, 0.1) is 10.8 Å². The maximum absolute atomic E-state index is 12.8. The molecular formula is C17H26N2O6. The van der Waals surface area contributed by atoms with Crippen molar-refractivity contribution in [1.82, 2.24) is 4.90 Å². The first kappa shape index (κ1) is 19.5. The monoisotopic (exact) mass is 354 g/mol. The Morgan fingerprint density at radius 1 is 1.24 bits per heavy atom. The number of nitroso groups, excluding NO2 is 1. The molecule has 2 rings (SSSR count). The van der Waals surface area contributed by atoms with E-state index < -0.39 is 35.3 Å². The summed E-state index contributed by atoms with van der Waals surface area (Å²) in [6.07, 6.45) is 3.86. The van der Waals surface area contributed by atoms with Crippen molar-refractivity contribution in [2.45, 2.75) is 64.1 Å². The number of rotatable bonds is 6. The number of ketones is 1. The summed E-state index contributed by atoms with van der Waals surface area (Å²) in [5.41, 5.74) is -1.98. The van der Waals surface area contributed by atoms with Crippen molar-refractivity contribution in [3.8, 4) is 0 Å². The number of carbonyl (C=O) groups is 3. The molecule has 0 saturated carbocycles. The second-order valence-electron chi connectivity index (χ2n) is 6.69. The Hall–Kier alpha value is -1.83. The summed E-state index contributed by atoms with van der Waals surface area (Å²) in [7, 11) is 0. The predicted octanol–water partition coefficient (Wildman–Crippen LogP) is 1.80. The third-order valence-electron chi connectivity index (χ3n) is 4.91. The van der Waals surface area contributed by atoms with Crippen LogP contribution in [0.1, 0.15) is 52.4 Å². The number of hydrogen-bond acceptors (Lipinski definition) is 7. The average Bonchev–Trinajstić information content (AvgIpc) is 2.65. The lowest BCUT2D eigenvalue weighted by atomic mass is 9.86. The van der Waals surface area contributed by atoms with Gasteiger partial charge in [0.15, 0.2) is 0 Å². The molecule has 8 heteroatoms. The number of esters is 1. The number of nitrogens with zero attached hydrogens (tertiary/aromatic N) is 2. The molecule has 0 aromatic rings. The van der Waals surface area contributed by atoms with E-state index in [4.69, 9.17) is 9.47 Å². The molecule has 0 bridgehead atoms. The van der Waals surface area contributed by atoms with Gasteiger partial charge >= 0.3 is 5.97 Å². The Balaban J connectivity index is 2.19. The average molecular weight is 354 g/mol. The van der Waals surface area contributed by atoms with Gasteiger partial charge in [0.2, 0.25) is 0 Å². The van der Waals surface area contributed by atoms with Gasteiger partial charge in [0.05, 0.1) is 13.2 Å². The van der Waals surface area contributed by atoms with Crippen LogP contribution in [0.4, 0.5) is 0 Å². The lowest BCUT2D eigenvalue weighted by Gasteiger charge is -2.38. The topological polar surface area (TPSA) is 102 Å². The molecule has 2 fully saturated rings. The fourth-order valence-electron chi connectivity index (χ4n) is 3.40. The molecule has 2 aliphatic rings. The summed E-state index contributed by atoms with van der Waals surface area (Å²) in [4.78, 5) is 50.5. The van der Waals surface area contributed by atoms with Crippen LogP contribution in [0.5, 0.6) is 0 Å². The van der Waals surface area contributed by atoms with Crippen LogP contribution in [0.2, 0.25) is 0 Å². The first-order chi connectivity index (χ1) is 12.0. The minimum absolute atomic E-state index is 0.205. The third kappa shape index (κ3) is 3.89. The largest absolute Gasteiger partial charge is 0.464 e. The van der Waals surface area contributed by atoms with Crippen LogP contribution in [-0.4, -0.2) is 54.1 Å². The molecule has 0 spiro atoms. The minimum atomic E-state index is -1.98. The SMILES string of the molecule is CCCOC(=O)[C@@H]1CCCCN1C(=O)C(=O)[C@]1(N=O)OCCC[C@H]1C. The molecule has 0 N–H and O–H groups in total. The number of hydrogen-bond donors (Lipinski definition) is 0. The molecule has 25 heavy (non-hydrogen) atoms. The smallest absolute Gasteiger partial charge is 0.328 e. The van der Waals surface area contributed by atoms with Gasteiger partial charge in [-0.2, -0.15) is 0 Å². The van der Waals surface area contributed by atoms with Gasteiger partial charge in [0.25, 0.3) is 17.4 Å². The summed E-state index contributed by atoms with van der Waals surface area (Å²) in [6.45, 7) is 4.30. The van der Waals surface area contributed by atoms with E-state index in [1.54, 1.807) is 6.92 Å². The van der Waals surface area contributed by atoms with Crippen molar-refractivity contribution in [2.75, 3.05) is 19.8 Å². The fraction of sp³-hybridized carbons (Fsp3) is 0.824. The number of ether oxygens (including phenoxy) is 2. The lowest BCUT2D eigenvalue weighted by molar-refractivity contribution is -0.173. The highest BCUT2D eigenvalue weighted by atomic mass is 16.5. The van der Waals surface area contributed by atoms with Crippen molar-refractivity contribution in [2.24, 2.45) is 11.1 Å². The first-order valence-corrected chi connectivity index (χ1v) is 8.98. The summed E-state index contributed by atoms with van der Waals surface area (Å²) < 4.78 is 10.5. The van der Waals surface area contributed by atoms with E-state index in [1.807, 2.05) is 6.92 Å². The van der Waals surface area contributed by atoms with Gasteiger partial charge in [0.1, 0.15) is 6.04 Å². The van der Waals surface area contributed by atoms with Crippen LogP contribution in [0.25, 0.3) is 0 Å². The molecule has 0 aliphatic carbocycles. The quantitative estimate of drug-likeness (QED) is 0.409.